The lowest BCUT2D eigenvalue weighted by atomic mass is 10.0. The molecule has 3 heterocycles. The van der Waals surface area contributed by atoms with Crippen LogP contribution in [0, 0.1) is 0 Å². The molecule has 0 aliphatic carbocycles. The minimum Gasteiger partial charge on any atom is -0.493 e. The number of carbonyl (C=O) groups is 1. The monoisotopic (exact) mass is 555 g/mol. The molecular weight excluding hydrogens is 514 g/mol. The Labute approximate surface area is 235 Å². The fourth-order valence-corrected chi connectivity index (χ4v) is 6.34. The van der Waals surface area contributed by atoms with Crippen molar-refractivity contribution in [2.75, 3.05) is 33.9 Å². The van der Waals surface area contributed by atoms with Gasteiger partial charge in [-0.05, 0) is 51.0 Å². The number of aromatic nitrogens is 1. The van der Waals surface area contributed by atoms with Crippen molar-refractivity contribution in [1.82, 2.24) is 14.4 Å². The van der Waals surface area contributed by atoms with E-state index in [2.05, 4.69) is 11.8 Å². The summed E-state index contributed by atoms with van der Waals surface area (Å²) in [5.74, 6) is 1.31. The summed E-state index contributed by atoms with van der Waals surface area (Å²) < 4.78 is 19.3. The Kier molecular flexibility index (Phi) is 8.91. The number of piperazine rings is 1. The van der Waals surface area contributed by atoms with Gasteiger partial charge in [0.25, 0.3) is 5.56 Å². The minimum absolute atomic E-state index is 0.00714. The third-order valence-electron chi connectivity index (χ3n) is 7.06. The van der Waals surface area contributed by atoms with Crippen molar-refractivity contribution in [2.24, 2.45) is 7.05 Å². The maximum Gasteiger partial charge on any atom is 0.410 e. The molecule has 1 aromatic carbocycles. The topological polar surface area (TPSA) is 73.2 Å². The smallest absolute Gasteiger partial charge is 0.410 e. The van der Waals surface area contributed by atoms with Crippen LogP contribution in [0.15, 0.2) is 35.3 Å². The number of carbonyl (C=O) groups excluding carboxylic acids is 1. The summed E-state index contributed by atoms with van der Waals surface area (Å²) in [6.07, 6.45) is 4.76. The zero-order valence-electron chi connectivity index (χ0n) is 24.2. The van der Waals surface area contributed by atoms with Crippen LogP contribution in [0.5, 0.6) is 11.5 Å². The molecule has 2 aromatic heterocycles. The van der Waals surface area contributed by atoms with Crippen LogP contribution < -0.4 is 15.0 Å². The van der Waals surface area contributed by atoms with Gasteiger partial charge in [-0.2, -0.15) is 0 Å². The number of fused-ring (bicyclic) bond motifs is 1. The van der Waals surface area contributed by atoms with Crippen molar-refractivity contribution < 1.29 is 19.0 Å². The molecule has 1 unspecified atom stereocenters. The van der Waals surface area contributed by atoms with Gasteiger partial charge >= 0.3 is 6.09 Å². The fourth-order valence-electron chi connectivity index (χ4n) is 5.12. The SMILES string of the molecule is CCCCC1CN(Cc2cc3c(=O)n(C)cc(-c4ccc(OC)c(OC)c4)c3s2)CCN1C(=O)OC(C)(C)C. The molecule has 0 N–H and O–H groups in total. The van der Waals surface area contributed by atoms with Crippen molar-refractivity contribution in [3.63, 3.8) is 0 Å². The molecule has 1 amide bonds. The summed E-state index contributed by atoms with van der Waals surface area (Å²) in [7, 11) is 5.03. The van der Waals surface area contributed by atoms with E-state index in [4.69, 9.17) is 14.2 Å². The first kappa shape index (κ1) is 29.0. The summed E-state index contributed by atoms with van der Waals surface area (Å²) in [4.78, 5) is 31.5. The lowest BCUT2D eigenvalue weighted by molar-refractivity contribution is -0.00397. The standard InChI is InChI=1S/C30H41N3O5S/c1-8-9-10-21-17-32(13-14-33(21)29(35)38-30(2,3)4)18-22-16-23-27(39-22)24(19-31(5)28(23)34)20-11-12-25(36-6)26(15-20)37-7/h11-12,15-16,19,21H,8-10,13-14,17-18H2,1-7H3. The molecule has 0 radical (unpaired) electrons. The molecule has 1 aliphatic heterocycles. The maximum absolute atomic E-state index is 13.1. The summed E-state index contributed by atoms with van der Waals surface area (Å²) in [6.45, 7) is 10.8. The normalized spacial score (nSPS) is 16.5. The van der Waals surface area contributed by atoms with E-state index in [-0.39, 0.29) is 17.7 Å². The Balaban J connectivity index is 1.61. The predicted octanol–water partition coefficient (Wildman–Crippen LogP) is 5.90. The summed E-state index contributed by atoms with van der Waals surface area (Å²) in [6, 6.07) is 7.98. The van der Waals surface area contributed by atoms with Crippen LogP contribution >= 0.6 is 11.3 Å². The number of aryl methyl sites for hydroxylation is 1. The molecule has 1 aliphatic rings. The number of unbranched alkanes of at least 4 members (excludes halogenated alkanes) is 1. The molecule has 4 rings (SSSR count). The average Bonchev–Trinajstić information content (AvgIpc) is 3.32. The Morgan fingerprint density at radius 2 is 1.85 bits per heavy atom. The van der Waals surface area contributed by atoms with Crippen molar-refractivity contribution in [1.29, 1.82) is 0 Å². The van der Waals surface area contributed by atoms with E-state index in [1.807, 2.05) is 56.1 Å². The summed E-state index contributed by atoms with van der Waals surface area (Å²) >= 11 is 1.66. The van der Waals surface area contributed by atoms with E-state index in [0.29, 0.717) is 18.0 Å². The van der Waals surface area contributed by atoms with Gasteiger partial charge in [-0.3, -0.25) is 9.69 Å². The minimum atomic E-state index is -0.515. The molecule has 3 aromatic rings. The van der Waals surface area contributed by atoms with E-state index >= 15 is 0 Å². The number of pyridine rings is 1. The lowest BCUT2D eigenvalue weighted by Gasteiger charge is -2.41. The van der Waals surface area contributed by atoms with Crippen molar-refractivity contribution in [3.05, 3.63) is 45.7 Å². The number of benzene rings is 1. The third kappa shape index (κ3) is 6.58. The number of nitrogens with zero attached hydrogens (tertiary/aromatic N) is 3. The van der Waals surface area contributed by atoms with Gasteiger partial charge in [0, 0.05) is 60.6 Å². The first-order valence-corrected chi connectivity index (χ1v) is 14.4. The molecule has 0 saturated carbocycles. The number of hydrogen-bond donors (Lipinski definition) is 0. The van der Waals surface area contributed by atoms with Crippen LogP contribution in [-0.2, 0) is 18.3 Å². The van der Waals surface area contributed by atoms with E-state index in [9.17, 15) is 9.59 Å². The zero-order valence-corrected chi connectivity index (χ0v) is 25.0. The van der Waals surface area contributed by atoms with E-state index < -0.39 is 5.60 Å². The third-order valence-corrected chi connectivity index (χ3v) is 8.21. The maximum atomic E-state index is 13.1. The number of methoxy groups -OCH3 is 2. The van der Waals surface area contributed by atoms with Crippen LogP contribution in [0.3, 0.4) is 0 Å². The molecule has 39 heavy (non-hydrogen) atoms. The number of hydrogen-bond acceptors (Lipinski definition) is 7. The van der Waals surface area contributed by atoms with Crippen LogP contribution in [0.25, 0.3) is 21.2 Å². The van der Waals surface area contributed by atoms with Crippen LogP contribution in [0.1, 0.15) is 51.8 Å². The molecule has 1 saturated heterocycles. The molecule has 0 spiro atoms. The molecular formula is C30H41N3O5S. The average molecular weight is 556 g/mol. The van der Waals surface area contributed by atoms with Gasteiger partial charge in [0.1, 0.15) is 5.60 Å². The van der Waals surface area contributed by atoms with Gasteiger partial charge in [-0.1, -0.05) is 25.8 Å². The molecule has 8 nitrogen and oxygen atoms in total. The predicted molar refractivity (Wildman–Crippen MR) is 157 cm³/mol. The van der Waals surface area contributed by atoms with Gasteiger partial charge in [-0.25, -0.2) is 4.79 Å². The molecule has 0 bridgehead atoms. The second-order valence-electron chi connectivity index (χ2n) is 11.2. The highest BCUT2D eigenvalue weighted by molar-refractivity contribution is 7.19. The number of amides is 1. The van der Waals surface area contributed by atoms with Gasteiger partial charge in [0.05, 0.1) is 19.6 Å². The molecule has 1 atom stereocenters. The van der Waals surface area contributed by atoms with Crippen LogP contribution in [0.2, 0.25) is 0 Å². The van der Waals surface area contributed by atoms with Crippen LogP contribution in [0.4, 0.5) is 4.79 Å². The second kappa shape index (κ2) is 12.0. The number of rotatable bonds is 8. The summed E-state index contributed by atoms with van der Waals surface area (Å²) in [5.41, 5.74) is 1.43. The van der Waals surface area contributed by atoms with Gasteiger partial charge in [0.2, 0.25) is 0 Å². The fraction of sp³-hybridized carbons (Fsp3) is 0.533. The van der Waals surface area contributed by atoms with Gasteiger partial charge in [-0.15, -0.1) is 11.3 Å². The van der Waals surface area contributed by atoms with Crippen molar-refractivity contribution in [3.8, 4) is 22.6 Å². The molecule has 212 valence electrons. The van der Waals surface area contributed by atoms with E-state index in [1.54, 1.807) is 37.2 Å². The van der Waals surface area contributed by atoms with E-state index in [1.165, 1.54) is 0 Å². The Hall–Kier alpha value is -3.04. The van der Waals surface area contributed by atoms with Gasteiger partial charge in [0.15, 0.2) is 11.5 Å². The zero-order chi connectivity index (χ0) is 28.3. The number of ether oxygens (including phenoxy) is 3. The Morgan fingerprint density at radius 3 is 2.51 bits per heavy atom. The van der Waals surface area contributed by atoms with E-state index in [0.717, 1.165) is 65.0 Å². The molecule has 1 fully saturated rings. The van der Waals surface area contributed by atoms with Crippen molar-refractivity contribution >= 4 is 27.5 Å². The lowest BCUT2D eigenvalue weighted by Crippen LogP contribution is -2.55. The molecule has 9 heteroatoms. The van der Waals surface area contributed by atoms with Gasteiger partial charge < -0.3 is 23.7 Å². The second-order valence-corrected chi connectivity index (χ2v) is 12.3. The first-order valence-electron chi connectivity index (χ1n) is 13.6. The Morgan fingerprint density at radius 1 is 1.10 bits per heavy atom. The quantitative estimate of drug-likeness (QED) is 0.345. The number of thiophene rings is 1. The first-order chi connectivity index (χ1) is 18.5. The summed E-state index contributed by atoms with van der Waals surface area (Å²) in [5, 5.41) is 0.722. The van der Waals surface area contributed by atoms with Crippen LogP contribution in [-0.4, -0.2) is 66.0 Å². The highest BCUT2D eigenvalue weighted by Gasteiger charge is 2.33. The van der Waals surface area contributed by atoms with Crippen molar-refractivity contribution in [2.45, 2.75) is 65.1 Å². The highest BCUT2D eigenvalue weighted by Crippen LogP contribution is 2.38. The highest BCUT2D eigenvalue weighted by atomic mass is 32.1. The Bertz CT molecular complexity index is 1370. The largest absolute Gasteiger partial charge is 0.493 e.